The fourth-order valence-electron chi connectivity index (χ4n) is 1.21. The summed E-state index contributed by atoms with van der Waals surface area (Å²) in [5.74, 6) is -0.584. The molecule has 0 aliphatic rings. The van der Waals surface area contributed by atoms with E-state index in [1.807, 2.05) is 0 Å². The maximum Gasteiger partial charge on any atom is 0.420 e. The van der Waals surface area contributed by atoms with Crippen molar-refractivity contribution in [1.29, 1.82) is 0 Å². The van der Waals surface area contributed by atoms with E-state index in [-0.39, 0.29) is 5.78 Å². The zero-order valence-corrected chi connectivity index (χ0v) is 7.77. The van der Waals surface area contributed by atoms with Gasteiger partial charge in [0.25, 0.3) is 0 Å². The second-order valence-corrected chi connectivity index (χ2v) is 3.03. The van der Waals surface area contributed by atoms with E-state index in [1.165, 1.54) is 23.8 Å². The first-order valence-corrected chi connectivity index (χ1v) is 4.06. The number of hydrogen-bond donors (Lipinski definition) is 0. The second kappa shape index (κ2) is 2.80. The number of ketones is 1. The Bertz CT molecular complexity index is 565. The van der Waals surface area contributed by atoms with Gasteiger partial charge >= 0.3 is 5.76 Å². The molecule has 0 amide bonds. The smallest absolute Gasteiger partial charge is 0.406 e. The van der Waals surface area contributed by atoms with Gasteiger partial charge in [-0.2, -0.15) is 0 Å². The molecular weight excluding hydrogens is 184 g/mol. The molecule has 2 aromatic rings. The predicted molar refractivity (Wildman–Crippen MR) is 49.3 cm³/mol. The van der Waals surface area contributed by atoms with Gasteiger partial charge in [-0.3, -0.25) is 9.36 Å². The lowest BCUT2D eigenvalue weighted by atomic mass is 10.2. The van der Waals surface area contributed by atoms with Crippen LogP contribution in [-0.2, 0) is 7.05 Å². The maximum absolute atomic E-state index is 11.1. The summed E-state index contributed by atoms with van der Waals surface area (Å²) in [4.78, 5) is 26.1. The Morgan fingerprint density at radius 1 is 1.57 bits per heavy atom. The summed E-state index contributed by atoms with van der Waals surface area (Å²) >= 11 is 0. The molecule has 0 aliphatic heterocycles. The molecule has 0 fully saturated rings. The lowest BCUT2D eigenvalue weighted by Gasteiger charge is -1.93. The highest BCUT2D eigenvalue weighted by Gasteiger charge is 2.09. The van der Waals surface area contributed by atoms with Gasteiger partial charge in [0, 0.05) is 18.8 Å². The fourth-order valence-corrected chi connectivity index (χ4v) is 1.21. The molecule has 0 atom stereocenters. The number of oxazole rings is 1. The Kier molecular flexibility index (Phi) is 1.73. The molecule has 2 aromatic heterocycles. The van der Waals surface area contributed by atoms with Crippen LogP contribution in [0.25, 0.3) is 11.2 Å². The number of Topliss-reactive ketones (excluding diaryl/α,β-unsaturated/α-hetero) is 1. The normalized spacial score (nSPS) is 10.7. The first kappa shape index (κ1) is 8.68. The summed E-state index contributed by atoms with van der Waals surface area (Å²) in [5.41, 5.74) is 1.22. The predicted octanol–water partition coefficient (Wildman–Crippen LogP) is 0.729. The molecule has 0 N–H and O–H groups in total. The van der Waals surface area contributed by atoms with Crippen LogP contribution in [0.3, 0.4) is 0 Å². The third-order valence-corrected chi connectivity index (χ3v) is 2.03. The average Bonchev–Trinajstić information content (AvgIpc) is 2.42. The first-order valence-electron chi connectivity index (χ1n) is 4.06. The molecule has 5 nitrogen and oxygen atoms in total. The Labute approximate surface area is 79.0 Å². The summed E-state index contributed by atoms with van der Waals surface area (Å²) in [7, 11) is 1.56. The van der Waals surface area contributed by atoms with Gasteiger partial charge < -0.3 is 4.42 Å². The van der Waals surface area contributed by atoms with Crippen LogP contribution in [0.1, 0.15) is 17.3 Å². The van der Waals surface area contributed by atoms with Gasteiger partial charge in [0.05, 0.1) is 0 Å². The number of carbonyl (C=O) groups excluding carboxylic acids is 1. The van der Waals surface area contributed by atoms with Crippen LogP contribution in [0.15, 0.2) is 21.5 Å². The molecule has 0 unspecified atom stereocenters. The molecule has 72 valence electrons. The Balaban J connectivity index is 2.80. The maximum atomic E-state index is 11.1. The monoisotopic (exact) mass is 192 g/mol. The van der Waals surface area contributed by atoms with Crippen molar-refractivity contribution < 1.29 is 9.21 Å². The number of fused-ring (bicyclic) bond motifs is 1. The minimum absolute atomic E-state index is 0.106. The van der Waals surface area contributed by atoms with E-state index in [0.717, 1.165) is 0 Å². The van der Waals surface area contributed by atoms with E-state index in [0.29, 0.717) is 16.8 Å². The molecule has 0 radical (unpaired) electrons. The quantitative estimate of drug-likeness (QED) is 0.625. The van der Waals surface area contributed by atoms with Crippen molar-refractivity contribution in [3.05, 3.63) is 28.4 Å². The van der Waals surface area contributed by atoms with E-state index in [9.17, 15) is 9.59 Å². The topological polar surface area (TPSA) is 65.1 Å². The molecule has 0 bridgehead atoms. The van der Waals surface area contributed by atoms with Crippen LogP contribution in [0, 0.1) is 0 Å². The van der Waals surface area contributed by atoms with E-state index >= 15 is 0 Å². The number of nitrogens with zero attached hydrogens (tertiary/aromatic N) is 2. The average molecular weight is 192 g/mol. The Hall–Kier alpha value is -1.91. The van der Waals surface area contributed by atoms with Crippen molar-refractivity contribution in [3.63, 3.8) is 0 Å². The molecular formula is C9H8N2O3. The number of aromatic nitrogens is 2. The number of carbonyl (C=O) groups is 1. The van der Waals surface area contributed by atoms with Crippen molar-refractivity contribution in [2.75, 3.05) is 0 Å². The summed E-state index contributed by atoms with van der Waals surface area (Å²) in [6.45, 7) is 1.43. The standard InChI is InChI=1S/C9H8N2O3/c1-5(12)6-3-7-8(10-4-6)11(2)9(13)14-7/h3-4H,1-2H3. The van der Waals surface area contributed by atoms with Crippen LogP contribution in [-0.4, -0.2) is 15.3 Å². The van der Waals surface area contributed by atoms with E-state index in [2.05, 4.69) is 4.98 Å². The third kappa shape index (κ3) is 1.14. The second-order valence-electron chi connectivity index (χ2n) is 3.03. The molecule has 0 spiro atoms. The highest BCUT2D eigenvalue weighted by atomic mass is 16.4. The SMILES string of the molecule is CC(=O)c1cnc2c(c1)oc(=O)n2C. The Morgan fingerprint density at radius 3 is 2.93 bits per heavy atom. The summed E-state index contributed by atoms with van der Waals surface area (Å²) in [6, 6.07) is 1.52. The highest BCUT2D eigenvalue weighted by molar-refractivity contribution is 5.95. The van der Waals surface area contributed by atoms with Gasteiger partial charge in [0.1, 0.15) is 0 Å². The molecule has 2 rings (SSSR count). The van der Waals surface area contributed by atoms with Crippen molar-refractivity contribution in [2.45, 2.75) is 6.92 Å². The third-order valence-electron chi connectivity index (χ3n) is 2.03. The molecule has 0 saturated carbocycles. The van der Waals surface area contributed by atoms with Crippen LogP contribution in [0.4, 0.5) is 0 Å². The zero-order valence-electron chi connectivity index (χ0n) is 7.77. The van der Waals surface area contributed by atoms with Crippen molar-refractivity contribution in [3.8, 4) is 0 Å². The molecule has 5 heteroatoms. The molecule has 2 heterocycles. The van der Waals surface area contributed by atoms with E-state index < -0.39 is 5.76 Å². The Morgan fingerprint density at radius 2 is 2.29 bits per heavy atom. The van der Waals surface area contributed by atoms with Gasteiger partial charge in [-0.15, -0.1) is 0 Å². The highest BCUT2D eigenvalue weighted by Crippen LogP contribution is 2.11. The van der Waals surface area contributed by atoms with Gasteiger partial charge in [0.2, 0.25) is 0 Å². The largest absolute Gasteiger partial charge is 0.420 e. The van der Waals surface area contributed by atoms with Crippen molar-refractivity contribution >= 4 is 17.0 Å². The van der Waals surface area contributed by atoms with Crippen LogP contribution < -0.4 is 5.76 Å². The van der Waals surface area contributed by atoms with Gasteiger partial charge in [-0.25, -0.2) is 9.78 Å². The van der Waals surface area contributed by atoms with Crippen LogP contribution in [0.2, 0.25) is 0 Å². The molecule has 14 heavy (non-hydrogen) atoms. The lowest BCUT2D eigenvalue weighted by molar-refractivity contribution is 0.101. The number of aryl methyl sites for hydroxylation is 1. The van der Waals surface area contributed by atoms with Crippen molar-refractivity contribution in [2.24, 2.45) is 7.05 Å². The minimum Gasteiger partial charge on any atom is -0.406 e. The summed E-state index contributed by atoms with van der Waals surface area (Å²) in [6.07, 6.45) is 1.43. The summed E-state index contributed by atoms with van der Waals surface area (Å²) < 4.78 is 6.17. The molecule has 0 saturated heterocycles. The van der Waals surface area contributed by atoms with E-state index in [4.69, 9.17) is 4.42 Å². The van der Waals surface area contributed by atoms with Gasteiger partial charge in [-0.1, -0.05) is 0 Å². The zero-order chi connectivity index (χ0) is 10.3. The molecule has 0 aromatic carbocycles. The van der Waals surface area contributed by atoms with E-state index in [1.54, 1.807) is 7.05 Å². The first-order chi connectivity index (χ1) is 6.59. The number of rotatable bonds is 1. The minimum atomic E-state index is -0.479. The van der Waals surface area contributed by atoms with Crippen LogP contribution in [0.5, 0.6) is 0 Å². The number of pyridine rings is 1. The molecule has 0 aliphatic carbocycles. The van der Waals surface area contributed by atoms with Crippen LogP contribution >= 0.6 is 0 Å². The van der Waals surface area contributed by atoms with Crippen molar-refractivity contribution in [1.82, 2.24) is 9.55 Å². The number of hydrogen-bond acceptors (Lipinski definition) is 4. The lowest BCUT2D eigenvalue weighted by Crippen LogP contribution is -2.08. The van der Waals surface area contributed by atoms with Gasteiger partial charge in [0.15, 0.2) is 17.0 Å². The summed E-state index contributed by atoms with van der Waals surface area (Å²) in [5, 5.41) is 0. The fraction of sp³-hybridized carbons (Fsp3) is 0.222. The van der Waals surface area contributed by atoms with Gasteiger partial charge in [-0.05, 0) is 13.0 Å².